The zero-order valence-electron chi connectivity index (χ0n) is 12.4. The molecule has 2 rings (SSSR count). The Morgan fingerprint density at radius 3 is 2.32 bits per heavy atom. The van der Waals surface area contributed by atoms with Gasteiger partial charge in [0.05, 0.1) is 11.6 Å². The van der Waals surface area contributed by atoms with Gasteiger partial charge in [-0.1, -0.05) is 49.4 Å². The fourth-order valence-corrected chi connectivity index (χ4v) is 2.29. The summed E-state index contributed by atoms with van der Waals surface area (Å²) in [5.41, 5.74) is 2.43. The molecule has 0 aliphatic rings. The molecule has 1 unspecified atom stereocenters. The molecule has 0 radical (unpaired) electrons. The first kappa shape index (κ1) is 15.7. The summed E-state index contributed by atoms with van der Waals surface area (Å²) in [5.74, 6) is -0.739. The van der Waals surface area contributed by atoms with Crippen molar-refractivity contribution >= 4 is 5.97 Å². The van der Waals surface area contributed by atoms with Crippen LogP contribution < -0.4 is 5.32 Å². The maximum Gasteiger partial charge on any atom is 0.325 e. The lowest BCUT2D eigenvalue weighted by Gasteiger charge is -2.18. The van der Waals surface area contributed by atoms with E-state index in [0.29, 0.717) is 12.1 Å². The van der Waals surface area contributed by atoms with Crippen LogP contribution in [0, 0.1) is 11.3 Å². The number of benzene rings is 2. The highest BCUT2D eigenvalue weighted by Gasteiger charge is 2.19. The first-order valence-corrected chi connectivity index (χ1v) is 7.13. The number of hydrogen-bond donors (Lipinski definition) is 2. The fraction of sp³-hybridized carbons (Fsp3) is 0.222. The Kier molecular flexibility index (Phi) is 5.29. The molecule has 0 bridgehead atoms. The number of nitrogens with one attached hydrogen (secondary N) is 1. The van der Waals surface area contributed by atoms with E-state index in [1.165, 1.54) is 0 Å². The molecule has 0 amide bonds. The normalized spacial score (nSPS) is 13.1. The molecule has 4 nitrogen and oxygen atoms in total. The molecule has 0 heterocycles. The van der Waals surface area contributed by atoms with Crippen molar-refractivity contribution < 1.29 is 9.90 Å². The number of nitrogens with zero attached hydrogens (tertiary/aromatic N) is 1. The molecule has 0 aliphatic carbocycles. The highest BCUT2D eigenvalue weighted by Crippen LogP contribution is 2.18. The molecule has 22 heavy (non-hydrogen) atoms. The smallest absolute Gasteiger partial charge is 0.325 e. The SMILES string of the molecule is CC(CN[C@H](C(=O)O)c1ccccc1)c1ccc(C#N)cc1. The van der Waals surface area contributed by atoms with Crippen LogP contribution in [0.1, 0.15) is 35.6 Å². The lowest BCUT2D eigenvalue weighted by atomic mass is 9.99. The molecule has 0 saturated carbocycles. The molecule has 4 heteroatoms. The molecular formula is C18H18N2O2. The van der Waals surface area contributed by atoms with Crippen molar-refractivity contribution in [2.45, 2.75) is 18.9 Å². The Morgan fingerprint density at radius 1 is 1.14 bits per heavy atom. The zero-order chi connectivity index (χ0) is 15.9. The lowest BCUT2D eigenvalue weighted by Crippen LogP contribution is -2.31. The first-order chi connectivity index (χ1) is 10.6. The Bertz CT molecular complexity index is 660. The van der Waals surface area contributed by atoms with Crippen molar-refractivity contribution in [1.29, 1.82) is 5.26 Å². The molecule has 0 aromatic heterocycles. The summed E-state index contributed by atoms with van der Waals surface area (Å²) in [6, 6.07) is 17.9. The van der Waals surface area contributed by atoms with Gasteiger partial charge in [0.1, 0.15) is 6.04 Å². The van der Waals surface area contributed by atoms with Crippen LogP contribution in [0.4, 0.5) is 0 Å². The molecule has 2 aromatic rings. The summed E-state index contributed by atoms with van der Waals surface area (Å²) in [4.78, 5) is 11.4. The Balaban J connectivity index is 2.03. The van der Waals surface area contributed by atoms with Gasteiger partial charge in [0.15, 0.2) is 0 Å². The average molecular weight is 294 g/mol. The Morgan fingerprint density at radius 2 is 1.77 bits per heavy atom. The minimum Gasteiger partial charge on any atom is -0.480 e. The lowest BCUT2D eigenvalue weighted by molar-refractivity contribution is -0.139. The highest BCUT2D eigenvalue weighted by molar-refractivity contribution is 5.75. The van der Waals surface area contributed by atoms with Gasteiger partial charge >= 0.3 is 5.97 Å². The van der Waals surface area contributed by atoms with Gasteiger partial charge in [0.2, 0.25) is 0 Å². The van der Waals surface area contributed by atoms with Gasteiger partial charge < -0.3 is 10.4 Å². The molecule has 2 atom stereocenters. The molecule has 0 fully saturated rings. The monoisotopic (exact) mass is 294 g/mol. The van der Waals surface area contributed by atoms with Gasteiger partial charge in [-0.2, -0.15) is 5.26 Å². The van der Waals surface area contributed by atoms with Crippen molar-refractivity contribution in [2.24, 2.45) is 0 Å². The molecule has 112 valence electrons. The standard InChI is InChI=1S/C18H18N2O2/c1-13(15-9-7-14(11-19)8-10-15)12-20-17(18(21)22)16-5-3-2-4-6-16/h2-10,13,17,20H,12H2,1H3,(H,21,22)/t13?,17-/m0/s1. The van der Waals surface area contributed by atoms with Gasteiger partial charge in [0, 0.05) is 6.54 Å². The first-order valence-electron chi connectivity index (χ1n) is 7.13. The topological polar surface area (TPSA) is 73.1 Å². The van der Waals surface area contributed by atoms with Crippen molar-refractivity contribution in [1.82, 2.24) is 5.32 Å². The number of rotatable bonds is 6. The molecular weight excluding hydrogens is 276 g/mol. The zero-order valence-corrected chi connectivity index (χ0v) is 12.4. The number of carboxylic acids is 1. The fourth-order valence-electron chi connectivity index (χ4n) is 2.29. The van der Waals surface area contributed by atoms with Crippen LogP contribution in [-0.4, -0.2) is 17.6 Å². The van der Waals surface area contributed by atoms with Gasteiger partial charge in [-0.15, -0.1) is 0 Å². The van der Waals surface area contributed by atoms with Crippen LogP contribution in [0.3, 0.4) is 0 Å². The van der Waals surface area contributed by atoms with Crippen LogP contribution in [0.15, 0.2) is 54.6 Å². The van der Waals surface area contributed by atoms with Crippen molar-refractivity contribution in [3.8, 4) is 6.07 Å². The van der Waals surface area contributed by atoms with Crippen molar-refractivity contribution in [2.75, 3.05) is 6.54 Å². The number of aliphatic carboxylic acids is 1. The second-order valence-corrected chi connectivity index (χ2v) is 5.23. The van der Waals surface area contributed by atoms with Crippen LogP contribution in [0.2, 0.25) is 0 Å². The van der Waals surface area contributed by atoms with E-state index in [9.17, 15) is 9.90 Å². The van der Waals surface area contributed by atoms with Gasteiger partial charge in [0.25, 0.3) is 0 Å². The summed E-state index contributed by atoms with van der Waals surface area (Å²) < 4.78 is 0. The second-order valence-electron chi connectivity index (χ2n) is 5.23. The van der Waals surface area contributed by atoms with E-state index >= 15 is 0 Å². The van der Waals surface area contributed by atoms with E-state index in [1.54, 1.807) is 24.3 Å². The number of nitriles is 1. The maximum atomic E-state index is 11.4. The molecule has 0 spiro atoms. The predicted molar refractivity (Wildman–Crippen MR) is 84.4 cm³/mol. The second kappa shape index (κ2) is 7.39. The van der Waals surface area contributed by atoms with E-state index in [-0.39, 0.29) is 5.92 Å². The third-order valence-corrected chi connectivity index (χ3v) is 3.62. The third-order valence-electron chi connectivity index (χ3n) is 3.62. The van der Waals surface area contributed by atoms with Crippen LogP contribution in [0.25, 0.3) is 0 Å². The van der Waals surface area contributed by atoms with E-state index in [4.69, 9.17) is 5.26 Å². The number of carbonyl (C=O) groups is 1. The number of carboxylic acid groups (broad SMARTS) is 1. The van der Waals surface area contributed by atoms with Crippen LogP contribution >= 0.6 is 0 Å². The molecule has 0 saturated heterocycles. The highest BCUT2D eigenvalue weighted by atomic mass is 16.4. The summed E-state index contributed by atoms with van der Waals surface area (Å²) in [6.45, 7) is 2.57. The molecule has 2 aromatic carbocycles. The van der Waals surface area contributed by atoms with Gasteiger partial charge in [-0.25, -0.2) is 0 Å². The third kappa shape index (κ3) is 3.94. The largest absolute Gasteiger partial charge is 0.480 e. The van der Waals surface area contributed by atoms with E-state index in [2.05, 4.69) is 11.4 Å². The quantitative estimate of drug-likeness (QED) is 0.858. The van der Waals surface area contributed by atoms with Crippen molar-refractivity contribution in [3.05, 3.63) is 71.3 Å². The summed E-state index contributed by atoms with van der Waals surface area (Å²) in [6.07, 6.45) is 0. The molecule has 2 N–H and O–H groups in total. The minimum absolute atomic E-state index is 0.151. The summed E-state index contributed by atoms with van der Waals surface area (Å²) in [7, 11) is 0. The Hall–Kier alpha value is -2.64. The maximum absolute atomic E-state index is 11.4. The predicted octanol–water partition coefficient (Wildman–Crippen LogP) is 3.08. The van der Waals surface area contributed by atoms with Gasteiger partial charge in [-0.3, -0.25) is 4.79 Å². The molecule has 0 aliphatic heterocycles. The van der Waals surface area contributed by atoms with Crippen molar-refractivity contribution in [3.63, 3.8) is 0 Å². The number of hydrogen-bond acceptors (Lipinski definition) is 3. The summed E-state index contributed by atoms with van der Waals surface area (Å²) >= 11 is 0. The van der Waals surface area contributed by atoms with Crippen LogP contribution in [-0.2, 0) is 4.79 Å². The average Bonchev–Trinajstić information content (AvgIpc) is 2.55. The minimum atomic E-state index is -0.891. The summed E-state index contributed by atoms with van der Waals surface area (Å²) in [5, 5.41) is 21.3. The Labute approximate surface area is 130 Å². The van der Waals surface area contributed by atoms with Crippen LogP contribution in [0.5, 0.6) is 0 Å². The van der Waals surface area contributed by atoms with Gasteiger partial charge in [-0.05, 0) is 29.2 Å². The van der Waals surface area contributed by atoms with E-state index < -0.39 is 12.0 Å². The van der Waals surface area contributed by atoms with E-state index in [1.807, 2.05) is 37.3 Å². The van der Waals surface area contributed by atoms with E-state index in [0.717, 1.165) is 11.1 Å².